The van der Waals surface area contributed by atoms with Gasteiger partial charge in [0.2, 0.25) is 6.79 Å². The van der Waals surface area contributed by atoms with Gasteiger partial charge in [-0.2, -0.15) is 0 Å². The van der Waals surface area contributed by atoms with Crippen molar-refractivity contribution in [3.63, 3.8) is 0 Å². The zero-order valence-electron chi connectivity index (χ0n) is 7.04. The van der Waals surface area contributed by atoms with Crippen LogP contribution < -0.4 is 9.47 Å². The van der Waals surface area contributed by atoms with E-state index in [4.69, 9.17) is 21.1 Å². The Morgan fingerprint density at radius 1 is 1.36 bits per heavy atom. The summed E-state index contributed by atoms with van der Waals surface area (Å²) in [5.41, 5.74) is 0.558. The maximum atomic E-state index is 10.1. The Balaban J connectivity index is 2.47. The molecule has 0 N–H and O–H groups in total. The van der Waals surface area contributed by atoms with Gasteiger partial charge in [0.05, 0.1) is 5.02 Å². The number of halogens is 1. The van der Waals surface area contributed by atoms with Gasteiger partial charge in [-0.3, -0.25) is 4.79 Å². The number of aldehydes is 1. The lowest BCUT2D eigenvalue weighted by Gasteiger charge is -1.98. The molecule has 70 valence electrons. The Labute approximate surface area is 85.6 Å². The van der Waals surface area contributed by atoms with Gasteiger partial charge in [-0.05, 0) is 5.92 Å². The molecule has 0 saturated heterocycles. The summed E-state index contributed by atoms with van der Waals surface area (Å²) in [5.74, 6) is 6.10. The molecular weight excluding hydrogens is 204 g/mol. The van der Waals surface area contributed by atoms with Crippen molar-refractivity contribution in [3.05, 3.63) is 22.7 Å². The third-order valence-corrected chi connectivity index (χ3v) is 2.04. The van der Waals surface area contributed by atoms with Gasteiger partial charge in [-0.1, -0.05) is 17.5 Å². The van der Waals surface area contributed by atoms with Gasteiger partial charge in [-0.15, -0.1) is 0 Å². The summed E-state index contributed by atoms with van der Waals surface area (Å²) >= 11 is 5.89. The molecule has 0 atom stereocenters. The molecule has 1 heterocycles. The van der Waals surface area contributed by atoms with Gasteiger partial charge in [0.1, 0.15) is 0 Å². The molecule has 0 bridgehead atoms. The topological polar surface area (TPSA) is 35.5 Å². The summed E-state index contributed by atoms with van der Waals surface area (Å²) in [6.45, 7) is 0.191. The highest BCUT2D eigenvalue weighted by atomic mass is 35.5. The van der Waals surface area contributed by atoms with Gasteiger partial charge in [0, 0.05) is 17.7 Å². The van der Waals surface area contributed by atoms with E-state index in [1.807, 2.05) is 0 Å². The second-order valence-electron chi connectivity index (χ2n) is 2.57. The fourth-order valence-electron chi connectivity index (χ4n) is 1.12. The van der Waals surface area contributed by atoms with Gasteiger partial charge < -0.3 is 9.47 Å². The lowest BCUT2D eigenvalue weighted by molar-refractivity contribution is -0.103. The van der Waals surface area contributed by atoms with Crippen LogP contribution in [0.3, 0.4) is 0 Å². The van der Waals surface area contributed by atoms with E-state index in [1.165, 1.54) is 0 Å². The van der Waals surface area contributed by atoms with Crippen LogP contribution >= 0.6 is 11.6 Å². The number of rotatable bonds is 0. The molecule has 0 spiro atoms. The molecule has 14 heavy (non-hydrogen) atoms. The van der Waals surface area contributed by atoms with Gasteiger partial charge in [-0.25, -0.2) is 0 Å². The summed E-state index contributed by atoms with van der Waals surface area (Å²) in [4.78, 5) is 10.1. The first-order chi connectivity index (χ1) is 6.81. The number of hydrogen-bond acceptors (Lipinski definition) is 3. The molecule has 0 saturated carbocycles. The van der Waals surface area contributed by atoms with Crippen molar-refractivity contribution in [2.24, 2.45) is 0 Å². The number of hydrogen-bond donors (Lipinski definition) is 0. The normalized spacial score (nSPS) is 11.8. The maximum absolute atomic E-state index is 10.1. The van der Waals surface area contributed by atoms with Crippen LogP contribution in [-0.4, -0.2) is 13.1 Å². The SMILES string of the molecule is O=CC#Cc1cc2c(cc1Cl)OCO2. The average Bonchev–Trinajstić information content (AvgIpc) is 2.61. The zero-order valence-corrected chi connectivity index (χ0v) is 7.80. The van der Waals surface area contributed by atoms with Crippen molar-refractivity contribution in [1.82, 2.24) is 0 Å². The Hall–Kier alpha value is -1.66. The Morgan fingerprint density at radius 2 is 2.07 bits per heavy atom. The van der Waals surface area contributed by atoms with Gasteiger partial charge >= 0.3 is 0 Å². The van der Waals surface area contributed by atoms with Gasteiger partial charge in [0.25, 0.3) is 0 Å². The van der Waals surface area contributed by atoms with Crippen LogP contribution in [0.1, 0.15) is 5.56 Å². The first-order valence-electron chi connectivity index (χ1n) is 3.85. The van der Waals surface area contributed by atoms with Crippen LogP contribution in [0, 0.1) is 11.8 Å². The predicted octanol–water partition coefficient (Wildman–Crippen LogP) is 1.62. The van der Waals surface area contributed by atoms with Crippen molar-refractivity contribution in [3.8, 4) is 23.3 Å². The van der Waals surface area contributed by atoms with E-state index in [2.05, 4.69) is 11.8 Å². The lowest BCUT2D eigenvalue weighted by Crippen LogP contribution is -1.92. The van der Waals surface area contributed by atoms with E-state index in [-0.39, 0.29) is 6.79 Å². The summed E-state index contributed by atoms with van der Waals surface area (Å²) < 4.78 is 10.3. The highest BCUT2D eigenvalue weighted by molar-refractivity contribution is 6.32. The molecule has 1 aliphatic rings. The Morgan fingerprint density at radius 3 is 2.79 bits per heavy atom. The van der Waals surface area contributed by atoms with E-state index < -0.39 is 0 Å². The van der Waals surface area contributed by atoms with Crippen LogP contribution in [0.2, 0.25) is 5.02 Å². The summed E-state index contributed by atoms with van der Waals surface area (Å²) in [7, 11) is 0. The number of carbonyl (C=O) groups is 1. The number of benzene rings is 1. The van der Waals surface area contributed by atoms with E-state index in [9.17, 15) is 4.79 Å². The largest absolute Gasteiger partial charge is 0.454 e. The van der Waals surface area contributed by atoms with E-state index in [0.717, 1.165) is 0 Å². The highest BCUT2D eigenvalue weighted by Crippen LogP contribution is 2.36. The Bertz CT molecular complexity index is 443. The van der Waals surface area contributed by atoms with E-state index >= 15 is 0 Å². The van der Waals surface area contributed by atoms with Crippen LogP contribution in [0.25, 0.3) is 0 Å². The molecule has 1 aromatic carbocycles. The molecule has 2 rings (SSSR count). The van der Waals surface area contributed by atoms with Crippen molar-refractivity contribution in [1.29, 1.82) is 0 Å². The molecular formula is C10H5ClO3. The van der Waals surface area contributed by atoms with Crippen LogP contribution in [-0.2, 0) is 4.79 Å². The third kappa shape index (κ3) is 1.52. The minimum absolute atomic E-state index is 0.191. The average molecular weight is 209 g/mol. The first kappa shape index (κ1) is 8.92. The number of carbonyl (C=O) groups excluding carboxylic acids is 1. The van der Waals surface area contributed by atoms with Crippen LogP contribution in [0.5, 0.6) is 11.5 Å². The van der Waals surface area contributed by atoms with Crippen molar-refractivity contribution in [2.45, 2.75) is 0 Å². The molecule has 0 aromatic heterocycles. The predicted molar refractivity (Wildman–Crippen MR) is 50.5 cm³/mol. The lowest BCUT2D eigenvalue weighted by atomic mass is 10.2. The van der Waals surface area contributed by atoms with Crippen molar-refractivity contribution < 1.29 is 14.3 Å². The zero-order chi connectivity index (χ0) is 9.97. The molecule has 3 nitrogen and oxygen atoms in total. The van der Waals surface area contributed by atoms with E-state index in [1.54, 1.807) is 12.1 Å². The molecule has 0 unspecified atom stereocenters. The second kappa shape index (κ2) is 3.60. The molecule has 0 radical (unpaired) electrons. The fourth-order valence-corrected chi connectivity index (χ4v) is 1.32. The molecule has 4 heteroatoms. The van der Waals surface area contributed by atoms with E-state index in [0.29, 0.717) is 28.4 Å². The molecule has 0 amide bonds. The minimum Gasteiger partial charge on any atom is -0.454 e. The number of ether oxygens (including phenoxy) is 2. The van der Waals surface area contributed by atoms with Crippen LogP contribution in [0.15, 0.2) is 12.1 Å². The molecule has 1 aliphatic heterocycles. The smallest absolute Gasteiger partial charge is 0.231 e. The first-order valence-corrected chi connectivity index (χ1v) is 4.23. The summed E-state index contributed by atoms with van der Waals surface area (Å²) in [6, 6.07) is 3.28. The third-order valence-electron chi connectivity index (χ3n) is 1.73. The Kier molecular flexibility index (Phi) is 2.30. The molecule has 1 aromatic rings. The van der Waals surface area contributed by atoms with Crippen molar-refractivity contribution in [2.75, 3.05) is 6.79 Å². The standard InChI is InChI=1S/C10H5ClO3/c11-8-5-10-9(13-6-14-10)4-7(8)2-1-3-12/h3-5H,6H2. The quantitative estimate of drug-likeness (QED) is 0.480. The summed E-state index contributed by atoms with van der Waals surface area (Å²) in [5, 5.41) is 0.448. The fraction of sp³-hybridized carbons (Fsp3) is 0.100. The number of fused-ring (bicyclic) bond motifs is 1. The monoisotopic (exact) mass is 208 g/mol. The summed E-state index contributed by atoms with van der Waals surface area (Å²) in [6.07, 6.45) is 0.515. The molecule has 0 fully saturated rings. The highest BCUT2D eigenvalue weighted by Gasteiger charge is 2.15. The molecule has 0 aliphatic carbocycles. The van der Waals surface area contributed by atoms with Crippen molar-refractivity contribution >= 4 is 17.9 Å². The van der Waals surface area contributed by atoms with Crippen LogP contribution in [0.4, 0.5) is 0 Å². The second-order valence-corrected chi connectivity index (χ2v) is 2.98. The maximum Gasteiger partial charge on any atom is 0.231 e. The minimum atomic E-state index is 0.191. The van der Waals surface area contributed by atoms with Gasteiger partial charge in [0.15, 0.2) is 17.8 Å².